The molecule has 0 aliphatic heterocycles. The van der Waals surface area contributed by atoms with Crippen molar-refractivity contribution in [1.82, 2.24) is 5.48 Å². The highest BCUT2D eigenvalue weighted by Crippen LogP contribution is 2.32. The predicted molar refractivity (Wildman–Crippen MR) is 95.1 cm³/mol. The molecule has 4 nitrogen and oxygen atoms in total. The molecule has 1 aliphatic rings. The number of amides is 1. The summed E-state index contributed by atoms with van der Waals surface area (Å²) in [4.78, 5) is 17.3. The second kappa shape index (κ2) is 7.91. The zero-order valence-electron chi connectivity index (χ0n) is 13.9. The summed E-state index contributed by atoms with van der Waals surface area (Å²) in [5, 5.41) is 2.64. The van der Waals surface area contributed by atoms with Crippen molar-refractivity contribution in [3.8, 4) is 12.3 Å². The highest BCUT2D eigenvalue weighted by molar-refractivity contribution is 6.33. The lowest BCUT2D eigenvalue weighted by Crippen LogP contribution is -2.26. The summed E-state index contributed by atoms with van der Waals surface area (Å²) in [6.07, 6.45) is 7.26. The molecule has 1 saturated carbocycles. The van der Waals surface area contributed by atoms with Crippen LogP contribution in [0.5, 0.6) is 0 Å². The topological polar surface area (TPSA) is 50.4 Å². The van der Waals surface area contributed by atoms with E-state index in [4.69, 9.17) is 22.9 Å². The number of rotatable bonds is 6. The second-order valence-corrected chi connectivity index (χ2v) is 6.47. The van der Waals surface area contributed by atoms with E-state index >= 15 is 0 Å². The molecule has 0 spiro atoms. The Kier molecular flexibility index (Phi) is 5.59. The quantitative estimate of drug-likeness (QED) is 0.429. The molecular weight excluding hydrogens is 381 g/mol. The molecule has 1 aliphatic carbocycles. The third-order valence-electron chi connectivity index (χ3n) is 3.98. The maximum absolute atomic E-state index is 14.3. The number of terminal acetylenes is 1. The largest absolute Gasteiger partial charge is 0.351 e. The van der Waals surface area contributed by atoms with Gasteiger partial charge in [-0.1, -0.05) is 17.5 Å². The van der Waals surface area contributed by atoms with Gasteiger partial charge in [-0.3, -0.25) is 9.63 Å². The van der Waals surface area contributed by atoms with Crippen LogP contribution in [0.4, 0.5) is 24.5 Å². The molecule has 0 radical (unpaired) electrons. The predicted octanol–water partition coefficient (Wildman–Crippen LogP) is 4.55. The van der Waals surface area contributed by atoms with Gasteiger partial charge in [0.25, 0.3) is 5.91 Å². The van der Waals surface area contributed by atoms with Crippen molar-refractivity contribution >= 4 is 28.9 Å². The smallest absolute Gasteiger partial charge is 0.277 e. The summed E-state index contributed by atoms with van der Waals surface area (Å²) < 4.78 is 41.7. The number of benzene rings is 2. The van der Waals surface area contributed by atoms with Crippen LogP contribution in [0.2, 0.25) is 5.02 Å². The minimum atomic E-state index is -1.72. The molecule has 2 aromatic carbocycles. The van der Waals surface area contributed by atoms with Gasteiger partial charge in [0, 0.05) is 5.56 Å². The number of halogens is 4. The average molecular weight is 395 g/mol. The SMILES string of the molecule is C#Cc1ccc(Nc2c(C(=O)NOCC3CC3)cc(F)c(F)c2F)c(Cl)c1. The van der Waals surface area contributed by atoms with Crippen LogP contribution >= 0.6 is 11.6 Å². The number of anilines is 2. The van der Waals surface area contributed by atoms with Gasteiger partial charge in [0.1, 0.15) is 0 Å². The van der Waals surface area contributed by atoms with E-state index in [0.29, 0.717) is 24.2 Å². The molecule has 1 fully saturated rings. The van der Waals surface area contributed by atoms with Crippen LogP contribution in [0, 0.1) is 35.7 Å². The van der Waals surface area contributed by atoms with Gasteiger partial charge in [0.05, 0.1) is 28.6 Å². The molecule has 0 heterocycles. The van der Waals surface area contributed by atoms with Crippen molar-refractivity contribution in [1.29, 1.82) is 0 Å². The lowest BCUT2D eigenvalue weighted by molar-refractivity contribution is 0.0270. The lowest BCUT2D eigenvalue weighted by Gasteiger charge is -2.15. The molecule has 3 rings (SSSR count). The Hall–Kier alpha value is -2.69. The van der Waals surface area contributed by atoms with Crippen LogP contribution in [0.25, 0.3) is 0 Å². The van der Waals surface area contributed by atoms with Gasteiger partial charge in [-0.2, -0.15) is 0 Å². The highest BCUT2D eigenvalue weighted by atomic mass is 35.5. The molecule has 0 saturated heterocycles. The van der Waals surface area contributed by atoms with Gasteiger partial charge in [0.2, 0.25) is 0 Å². The summed E-state index contributed by atoms with van der Waals surface area (Å²) in [7, 11) is 0. The minimum Gasteiger partial charge on any atom is -0.351 e. The number of hydrogen-bond donors (Lipinski definition) is 2. The maximum Gasteiger partial charge on any atom is 0.277 e. The molecule has 0 atom stereocenters. The molecule has 8 heteroatoms. The Labute approximate surface area is 158 Å². The van der Waals surface area contributed by atoms with Crippen molar-refractivity contribution in [3.63, 3.8) is 0 Å². The van der Waals surface area contributed by atoms with Gasteiger partial charge in [0.15, 0.2) is 17.5 Å². The third kappa shape index (κ3) is 4.35. The van der Waals surface area contributed by atoms with E-state index in [1.54, 1.807) is 0 Å². The summed E-state index contributed by atoms with van der Waals surface area (Å²) >= 11 is 6.07. The fraction of sp³-hybridized carbons (Fsp3) is 0.211. The Bertz CT molecular complexity index is 940. The van der Waals surface area contributed by atoms with Crippen molar-refractivity contribution in [2.24, 2.45) is 5.92 Å². The van der Waals surface area contributed by atoms with Gasteiger partial charge in [-0.15, -0.1) is 6.42 Å². The van der Waals surface area contributed by atoms with E-state index in [2.05, 4.69) is 16.7 Å². The molecular formula is C19H14ClF3N2O2. The van der Waals surface area contributed by atoms with E-state index < -0.39 is 34.6 Å². The van der Waals surface area contributed by atoms with Crippen LogP contribution in [-0.2, 0) is 4.84 Å². The summed E-state index contributed by atoms with van der Waals surface area (Å²) in [5.41, 5.74) is 1.70. The van der Waals surface area contributed by atoms with E-state index in [1.807, 2.05) is 0 Å². The third-order valence-corrected chi connectivity index (χ3v) is 4.30. The van der Waals surface area contributed by atoms with Crippen LogP contribution in [0.3, 0.4) is 0 Å². The zero-order chi connectivity index (χ0) is 19.6. The summed E-state index contributed by atoms with van der Waals surface area (Å²) in [6.45, 7) is 0.292. The van der Waals surface area contributed by atoms with E-state index in [-0.39, 0.29) is 10.7 Å². The van der Waals surface area contributed by atoms with E-state index in [0.717, 1.165) is 12.8 Å². The number of carbonyl (C=O) groups is 1. The molecule has 140 valence electrons. The molecule has 2 aromatic rings. The first-order valence-corrected chi connectivity index (χ1v) is 8.41. The standard InChI is InChI=1S/C19H14ClF3N2O2/c1-2-10-5-6-15(13(20)7-10)24-18-12(8-14(21)16(22)17(18)23)19(26)25-27-9-11-3-4-11/h1,5-8,11,24H,3-4,9H2,(H,25,26). The van der Waals surface area contributed by atoms with Gasteiger partial charge in [-0.05, 0) is 43.0 Å². The zero-order valence-corrected chi connectivity index (χ0v) is 14.7. The van der Waals surface area contributed by atoms with Crippen molar-refractivity contribution in [3.05, 3.63) is 57.9 Å². The normalized spacial score (nSPS) is 13.1. The first-order chi connectivity index (χ1) is 12.9. The van der Waals surface area contributed by atoms with Crippen LogP contribution < -0.4 is 10.8 Å². The van der Waals surface area contributed by atoms with E-state index in [1.165, 1.54) is 18.2 Å². The molecule has 0 aromatic heterocycles. The molecule has 1 amide bonds. The highest BCUT2D eigenvalue weighted by Gasteiger charge is 2.25. The van der Waals surface area contributed by atoms with Crippen LogP contribution in [0.15, 0.2) is 24.3 Å². The average Bonchev–Trinajstić information content (AvgIpc) is 3.47. The number of hydroxylamine groups is 1. The lowest BCUT2D eigenvalue weighted by atomic mass is 10.1. The number of hydrogen-bond acceptors (Lipinski definition) is 3. The van der Waals surface area contributed by atoms with Gasteiger partial charge in [-0.25, -0.2) is 18.7 Å². The first-order valence-electron chi connectivity index (χ1n) is 8.03. The van der Waals surface area contributed by atoms with Gasteiger partial charge >= 0.3 is 0 Å². The van der Waals surface area contributed by atoms with Crippen LogP contribution in [-0.4, -0.2) is 12.5 Å². The monoisotopic (exact) mass is 394 g/mol. The fourth-order valence-corrected chi connectivity index (χ4v) is 2.53. The van der Waals surface area contributed by atoms with Gasteiger partial charge < -0.3 is 5.32 Å². The molecule has 0 bridgehead atoms. The number of carbonyl (C=O) groups excluding carboxylic acids is 1. The van der Waals surface area contributed by atoms with Crippen LogP contribution in [0.1, 0.15) is 28.8 Å². The molecule has 27 heavy (non-hydrogen) atoms. The number of nitrogens with one attached hydrogen (secondary N) is 2. The minimum absolute atomic E-state index is 0.117. The second-order valence-electron chi connectivity index (χ2n) is 6.06. The summed E-state index contributed by atoms with van der Waals surface area (Å²) in [5.74, 6) is -2.96. The van der Waals surface area contributed by atoms with Crippen molar-refractivity contribution < 1.29 is 22.8 Å². The Morgan fingerprint density at radius 2 is 2.00 bits per heavy atom. The Balaban J connectivity index is 1.91. The Morgan fingerprint density at radius 3 is 2.63 bits per heavy atom. The molecule has 0 unspecified atom stereocenters. The fourth-order valence-electron chi connectivity index (χ4n) is 2.30. The molecule has 2 N–H and O–H groups in total. The van der Waals surface area contributed by atoms with Crippen molar-refractivity contribution in [2.75, 3.05) is 11.9 Å². The maximum atomic E-state index is 14.3. The Morgan fingerprint density at radius 1 is 1.26 bits per heavy atom. The first kappa shape index (κ1) is 19.1. The van der Waals surface area contributed by atoms with E-state index in [9.17, 15) is 18.0 Å². The summed E-state index contributed by atoms with van der Waals surface area (Å²) in [6, 6.07) is 4.97. The van der Waals surface area contributed by atoms with Crippen molar-refractivity contribution in [2.45, 2.75) is 12.8 Å².